The highest BCUT2D eigenvalue weighted by atomic mass is 79.9. The first-order valence-electron chi connectivity index (χ1n) is 6.28. The molecule has 18 heavy (non-hydrogen) atoms. The Bertz CT molecular complexity index is 392. The molecule has 0 aliphatic rings. The van der Waals surface area contributed by atoms with Crippen LogP contribution < -0.4 is 5.32 Å². The second-order valence-electron chi connectivity index (χ2n) is 5.74. The lowest BCUT2D eigenvalue weighted by Gasteiger charge is -2.31. The summed E-state index contributed by atoms with van der Waals surface area (Å²) in [6, 6.07) is 7.85. The molecule has 1 unspecified atom stereocenters. The van der Waals surface area contributed by atoms with Crippen molar-refractivity contribution in [3.63, 3.8) is 0 Å². The minimum absolute atomic E-state index is 0.0101. The third-order valence-electron chi connectivity index (χ3n) is 3.06. The molecule has 1 aromatic carbocycles. The van der Waals surface area contributed by atoms with Crippen LogP contribution in [0, 0.1) is 12.3 Å². The molecule has 1 N–H and O–H groups in total. The lowest BCUT2D eigenvalue weighted by Crippen LogP contribution is -2.44. The average molecular weight is 312 g/mol. The zero-order valence-corrected chi connectivity index (χ0v) is 13.2. The molecular formula is C15H22BrNO. The molecule has 1 atom stereocenters. The van der Waals surface area contributed by atoms with Gasteiger partial charge in [-0.1, -0.05) is 54.4 Å². The first-order chi connectivity index (χ1) is 8.34. The van der Waals surface area contributed by atoms with Crippen molar-refractivity contribution in [2.45, 2.75) is 40.2 Å². The van der Waals surface area contributed by atoms with Crippen LogP contribution in [-0.2, 0) is 0 Å². The van der Waals surface area contributed by atoms with Gasteiger partial charge in [-0.2, -0.15) is 0 Å². The molecule has 1 aromatic rings. The van der Waals surface area contributed by atoms with Crippen molar-refractivity contribution in [3.8, 4) is 0 Å². The molecule has 0 saturated carbocycles. The Morgan fingerprint density at radius 2 is 1.83 bits per heavy atom. The van der Waals surface area contributed by atoms with E-state index in [4.69, 9.17) is 0 Å². The van der Waals surface area contributed by atoms with Crippen molar-refractivity contribution in [1.29, 1.82) is 0 Å². The van der Waals surface area contributed by atoms with E-state index in [0.29, 0.717) is 0 Å². The Morgan fingerprint density at radius 3 is 2.28 bits per heavy atom. The first kappa shape index (κ1) is 15.2. The maximum atomic E-state index is 12.2. The number of benzene rings is 1. The Kier molecular flexibility index (Phi) is 5.39. The Labute approximate surface area is 118 Å². The number of carbonyl (C=O) groups excluding carboxylic acids is 1. The summed E-state index contributed by atoms with van der Waals surface area (Å²) >= 11 is 3.45. The standard InChI is InChI=1S/C15H22BrNO/c1-11-5-7-12(8-6-11)14(18)17-13(9-10-16)15(2,3)4/h5-8,13H,9-10H2,1-4H3,(H,17,18). The number of nitrogens with one attached hydrogen (secondary N) is 1. The molecule has 0 aliphatic heterocycles. The van der Waals surface area contributed by atoms with Crippen molar-refractivity contribution >= 4 is 21.8 Å². The van der Waals surface area contributed by atoms with Crippen LogP contribution in [0.5, 0.6) is 0 Å². The molecule has 0 spiro atoms. The van der Waals surface area contributed by atoms with E-state index in [-0.39, 0.29) is 17.4 Å². The van der Waals surface area contributed by atoms with Crippen molar-refractivity contribution in [2.24, 2.45) is 5.41 Å². The van der Waals surface area contributed by atoms with Gasteiger partial charge in [0.1, 0.15) is 0 Å². The van der Waals surface area contributed by atoms with Crippen molar-refractivity contribution in [2.75, 3.05) is 5.33 Å². The third kappa shape index (κ3) is 4.45. The van der Waals surface area contributed by atoms with E-state index >= 15 is 0 Å². The molecule has 0 bridgehead atoms. The molecule has 0 aromatic heterocycles. The van der Waals surface area contributed by atoms with Crippen molar-refractivity contribution in [1.82, 2.24) is 5.32 Å². The summed E-state index contributed by atoms with van der Waals surface area (Å²) in [5, 5.41) is 4.02. The van der Waals surface area contributed by atoms with Gasteiger partial charge in [0, 0.05) is 16.9 Å². The smallest absolute Gasteiger partial charge is 0.251 e. The van der Waals surface area contributed by atoms with Gasteiger partial charge < -0.3 is 5.32 Å². The first-order valence-corrected chi connectivity index (χ1v) is 7.40. The summed E-state index contributed by atoms with van der Waals surface area (Å²) in [6.45, 7) is 8.46. The fourth-order valence-electron chi connectivity index (χ4n) is 1.78. The number of carbonyl (C=O) groups is 1. The zero-order chi connectivity index (χ0) is 13.8. The zero-order valence-electron chi connectivity index (χ0n) is 11.6. The summed E-state index contributed by atoms with van der Waals surface area (Å²) in [4.78, 5) is 12.2. The molecule has 0 aliphatic carbocycles. The molecular weight excluding hydrogens is 290 g/mol. The monoisotopic (exact) mass is 311 g/mol. The maximum Gasteiger partial charge on any atom is 0.251 e. The topological polar surface area (TPSA) is 29.1 Å². The van der Waals surface area contributed by atoms with Crippen LogP contribution in [0.25, 0.3) is 0 Å². The van der Waals surface area contributed by atoms with E-state index in [1.807, 2.05) is 31.2 Å². The fourth-order valence-corrected chi connectivity index (χ4v) is 2.24. The molecule has 0 saturated heterocycles. The molecule has 1 amide bonds. The van der Waals surface area contributed by atoms with Gasteiger partial charge in [-0.3, -0.25) is 4.79 Å². The van der Waals surface area contributed by atoms with Gasteiger partial charge in [0.2, 0.25) is 0 Å². The molecule has 2 nitrogen and oxygen atoms in total. The molecule has 0 fully saturated rings. The maximum absolute atomic E-state index is 12.2. The summed E-state index contributed by atoms with van der Waals surface area (Å²) in [7, 11) is 0. The van der Waals surface area contributed by atoms with Gasteiger partial charge in [0.05, 0.1) is 0 Å². The highest BCUT2D eigenvalue weighted by Gasteiger charge is 2.25. The van der Waals surface area contributed by atoms with Crippen LogP contribution in [0.15, 0.2) is 24.3 Å². The Balaban J connectivity index is 2.75. The molecule has 0 heterocycles. The summed E-state index contributed by atoms with van der Waals surface area (Å²) in [5.74, 6) is 0.0101. The number of alkyl halides is 1. The average Bonchev–Trinajstić information content (AvgIpc) is 2.28. The van der Waals surface area contributed by atoms with Gasteiger partial charge in [-0.05, 0) is 30.9 Å². The minimum atomic E-state index is 0.0101. The van der Waals surface area contributed by atoms with Crippen LogP contribution in [-0.4, -0.2) is 17.3 Å². The number of amides is 1. The SMILES string of the molecule is Cc1ccc(C(=O)NC(CCBr)C(C)(C)C)cc1. The van der Waals surface area contributed by atoms with E-state index in [0.717, 1.165) is 17.3 Å². The second kappa shape index (κ2) is 6.37. The third-order valence-corrected chi connectivity index (χ3v) is 3.52. The number of hydrogen-bond acceptors (Lipinski definition) is 1. The van der Waals surface area contributed by atoms with Crippen LogP contribution in [0.4, 0.5) is 0 Å². The molecule has 1 rings (SSSR count). The van der Waals surface area contributed by atoms with E-state index in [1.165, 1.54) is 5.56 Å². The van der Waals surface area contributed by atoms with E-state index in [2.05, 4.69) is 42.0 Å². The van der Waals surface area contributed by atoms with Crippen molar-refractivity contribution in [3.05, 3.63) is 35.4 Å². The van der Waals surface area contributed by atoms with Crippen molar-refractivity contribution < 1.29 is 4.79 Å². The Hall–Kier alpha value is -0.830. The lowest BCUT2D eigenvalue weighted by molar-refractivity contribution is 0.0901. The summed E-state index contributed by atoms with van der Waals surface area (Å²) in [5.41, 5.74) is 1.96. The Morgan fingerprint density at radius 1 is 1.28 bits per heavy atom. The van der Waals surface area contributed by atoms with E-state index in [1.54, 1.807) is 0 Å². The van der Waals surface area contributed by atoms with E-state index in [9.17, 15) is 4.79 Å². The van der Waals surface area contributed by atoms with Crippen LogP contribution in [0.2, 0.25) is 0 Å². The van der Waals surface area contributed by atoms with Gasteiger partial charge >= 0.3 is 0 Å². The number of aryl methyl sites for hydroxylation is 1. The van der Waals surface area contributed by atoms with Gasteiger partial charge in [0.25, 0.3) is 5.91 Å². The van der Waals surface area contributed by atoms with E-state index < -0.39 is 0 Å². The van der Waals surface area contributed by atoms with Crippen LogP contribution in [0.3, 0.4) is 0 Å². The lowest BCUT2D eigenvalue weighted by atomic mass is 9.85. The normalized spacial score (nSPS) is 13.2. The number of hydrogen-bond donors (Lipinski definition) is 1. The summed E-state index contributed by atoms with van der Waals surface area (Å²) < 4.78 is 0. The highest BCUT2D eigenvalue weighted by molar-refractivity contribution is 9.09. The second-order valence-corrected chi connectivity index (χ2v) is 6.53. The molecule has 3 heteroatoms. The largest absolute Gasteiger partial charge is 0.349 e. The summed E-state index contributed by atoms with van der Waals surface area (Å²) in [6.07, 6.45) is 0.932. The predicted octanol–water partition coefficient (Wildman–Crippen LogP) is 3.92. The van der Waals surface area contributed by atoms with Crippen LogP contribution >= 0.6 is 15.9 Å². The fraction of sp³-hybridized carbons (Fsp3) is 0.533. The molecule has 0 radical (unpaired) electrons. The quantitative estimate of drug-likeness (QED) is 0.839. The van der Waals surface area contributed by atoms with Gasteiger partial charge in [-0.25, -0.2) is 0 Å². The predicted molar refractivity (Wildman–Crippen MR) is 80.3 cm³/mol. The van der Waals surface area contributed by atoms with Gasteiger partial charge in [-0.15, -0.1) is 0 Å². The number of halogens is 1. The van der Waals surface area contributed by atoms with Gasteiger partial charge in [0.15, 0.2) is 0 Å². The number of rotatable bonds is 4. The van der Waals surface area contributed by atoms with Crippen LogP contribution in [0.1, 0.15) is 43.1 Å². The minimum Gasteiger partial charge on any atom is -0.349 e. The molecule has 100 valence electrons. The highest BCUT2D eigenvalue weighted by Crippen LogP contribution is 2.22.